The summed E-state index contributed by atoms with van der Waals surface area (Å²) >= 11 is 0. The first-order valence-corrected chi connectivity index (χ1v) is 12.2. The van der Waals surface area contributed by atoms with Gasteiger partial charge in [0.25, 0.3) is 0 Å². The van der Waals surface area contributed by atoms with Gasteiger partial charge in [0, 0.05) is 28.4 Å². The molecule has 35 heavy (non-hydrogen) atoms. The van der Waals surface area contributed by atoms with E-state index in [4.69, 9.17) is 5.73 Å². The fourth-order valence-corrected chi connectivity index (χ4v) is 3.46. The van der Waals surface area contributed by atoms with E-state index in [-0.39, 0.29) is 17.2 Å². The summed E-state index contributed by atoms with van der Waals surface area (Å²) in [7, 11) is -3.29. The Hall–Kier alpha value is -3.38. The molecule has 0 aromatic heterocycles. The number of aliphatic imine (C=N–C) groups is 1. The molecule has 0 aliphatic carbocycles. The normalized spacial score (nSPS) is 18.2. The van der Waals surface area contributed by atoms with Gasteiger partial charge in [-0.15, -0.1) is 0 Å². The fourth-order valence-electron chi connectivity index (χ4n) is 2.61. The van der Waals surface area contributed by atoms with Crippen LogP contribution in [-0.2, 0) is 9.84 Å². The van der Waals surface area contributed by atoms with Crippen LogP contribution in [0.4, 0.5) is 18.0 Å². The average molecular weight is 514 g/mol. The number of allylic oxidation sites excluding steroid dienone is 8. The van der Waals surface area contributed by atoms with E-state index in [1.54, 1.807) is 26.0 Å². The molecule has 0 spiro atoms. The summed E-state index contributed by atoms with van der Waals surface area (Å²) in [6.07, 6.45) is 3.44. The van der Waals surface area contributed by atoms with Crippen molar-refractivity contribution in [3.63, 3.8) is 0 Å². The Morgan fingerprint density at radius 1 is 1.14 bits per heavy atom. The van der Waals surface area contributed by atoms with Crippen molar-refractivity contribution in [1.82, 2.24) is 16.0 Å². The molecule has 1 aliphatic heterocycles. The van der Waals surface area contributed by atoms with Crippen molar-refractivity contribution in [2.45, 2.75) is 33.1 Å². The molecule has 8 nitrogen and oxygen atoms in total. The molecule has 0 aromatic rings. The van der Waals surface area contributed by atoms with Crippen molar-refractivity contribution in [2.24, 2.45) is 10.7 Å². The monoisotopic (exact) mass is 513 g/mol. The number of carbonyl (C=O) groups is 1. The third-order valence-corrected chi connectivity index (χ3v) is 6.06. The van der Waals surface area contributed by atoms with Crippen LogP contribution in [0.3, 0.4) is 0 Å². The lowest BCUT2D eigenvalue weighted by Gasteiger charge is -2.20. The van der Waals surface area contributed by atoms with E-state index < -0.39 is 33.8 Å². The van der Waals surface area contributed by atoms with Crippen molar-refractivity contribution in [2.75, 3.05) is 11.5 Å². The predicted molar refractivity (Wildman–Crippen MR) is 133 cm³/mol. The van der Waals surface area contributed by atoms with Crippen molar-refractivity contribution in [1.29, 1.82) is 0 Å². The Labute approximate surface area is 203 Å². The van der Waals surface area contributed by atoms with Crippen LogP contribution in [0.1, 0.15) is 20.8 Å². The number of hydrogen-bond donors (Lipinski definition) is 4. The molecule has 0 bridgehead atoms. The maximum absolute atomic E-state index is 12.7. The zero-order chi connectivity index (χ0) is 26.8. The second-order valence-corrected chi connectivity index (χ2v) is 9.74. The molecule has 0 fully saturated rings. The number of nitrogens with zero attached hydrogens (tertiary/aromatic N) is 1. The summed E-state index contributed by atoms with van der Waals surface area (Å²) in [6.45, 7) is 11.4. The molecule has 1 heterocycles. The fraction of sp³-hybridized carbons (Fsp3) is 0.304. The van der Waals surface area contributed by atoms with Crippen LogP contribution in [0.5, 0.6) is 0 Å². The molecule has 0 saturated heterocycles. The molecule has 0 radical (unpaired) electrons. The van der Waals surface area contributed by atoms with Crippen LogP contribution in [0.2, 0.25) is 0 Å². The quantitative estimate of drug-likeness (QED) is 0.333. The van der Waals surface area contributed by atoms with Crippen LogP contribution >= 0.6 is 0 Å². The largest absolute Gasteiger partial charge is 0.416 e. The SMILES string of the molecule is C=C/C(=C\C=C(/C)NC(=O)N/C(C)=C/C=C(\C=C)C(F)(F)F)C1=N[C@H](N)C=C(CS(=O)(=O)CC)N1. The zero-order valence-electron chi connectivity index (χ0n) is 19.7. The number of amides is 2. The summed E-state index contributed by atoms with van der Waals surface area (Å²) in [4.78, 5) is 16.4. The second kappa shape index (κ2) is 12.9. The van der Waals surface area contributed by atoms with Crippen molar-refractivity contribution in [3.8, 4) is 0 Å². The second-order valence-electron chi connectivity index (χ2n) is 7.39. The first-order valence-electron chi connectivity index (χ1n) is 10.4. The molecule has 0 unspecified atom stereocenters. The highest BCUT2D eigenvalue weighted by atomic mass is 32.2. The molecular weight excluding hydrogens is 483 g/mol. The molecular formula is C23H30F3N5O3S. The van der Waals surface area contributed by atoms with Gasteiger partial charge in [0.1, 0.15) is 12.0 Å². The van der Waals surface area contributed by atoms with Crippen molar-refractivity contribution < 1.29 is 26.4 Å². The van der Waals surface area contributed by atoms with Gasteiger partial charge in [-0.3, -0.25) is 0 Å². The summed E-state index contributed by atoms with van der Waals surface area (Å²) in [5, 5.41) is 7.88. The molecule has 1 atom stereocenters. The Balaban J connectivity index is 2.89. The van der Waals surface area contributed by atoms with E-state index in [0.717, 1.165) is 12.2 Å². The van der Waals surface area contributed by atoms with Gasteiger partial charge in [0.2, 0.25) is 0 Å². The summed E-state index contributed by atoms with van der Waals surface area (Å²) < 4.78 is 62.0. The van der Waals surface area contributed by atoms with Crippen molar-refractivity contribution >= 4 is 21.7 Å². The molecule has 0 saturated carbocycles. The van der Waals surface area contributed by atoms with Crippen LogP contribution in [0.15, 0.2) is 88.9 Å². The molecule has 12 heteroatoms. The standard InChI is InChI=1S/C23H30F3N5O3S/c1-6-17(21-30-19(13-20(27)31-21)14-35(33,34)8-3)11-9-15(4)28-22(32)29-16(5)10-12-18(7-2)23(24,25)26/h6-7,9-13,20H,1-2,8,14,27H2,3-5H3,(H,30,31)(H2,28,29,32)/b15-9+,16-10+,17-11+,18-12+/t20-/m0/s1. The Morgan fingerprint density at radius 3 is 2.20 bits per heavy atom. The van der Waals surface area contributed by atoms with E-state index in [0.29, 0.717) is 28.9 Å². The molecule has 1 rings (SSSR count). The van der Waals surface area contributed by atoms with E-state index in [2.05, 4.69) is 34.1 Å². The lowest BCUT2D eigenvalue weighted by molar-refractivity contribution is -0.0881. The van der Waals surface area contributed by atoms with Crippen molar-refractivity contribution in [3.05, 3.63) is 83.9 Å². The predicted octanol–water partition coefficient (Wildman–Crippen LogP) is 3.49. The molecule has 5 N–H and O–H groups in total. The summed E-state index contributed by atoms with van der Waals surface area (Å²) in [6, 6.07) is -0.660. The zero-order valence-corrected chi connectivity index (χ0v) is 20.6. The maximum Gasteiger partial charge on any atom is 0.416 e. The van der Waals surface area contributed by atoms with Crippen LogP contribution < -0.4 is 21.7 Å². The topological polar surface area (TPSA) is 126 Å². The number of amidine groups is 1. The smallest absolute Gasteiger partial charge is 0.343 e. The lowest BCUT2D eigenvalue weighted by atomic mass is 10.1. The number of hydrogen-bond acceptors (Lipinski definition) is 6. The first kappa shape index (κ1) is 29.7. The minimum absolute atomic E-state index is 0.0176. The number of halogens is 3. The number of sulfone groups is 1. The number of alkyl halides is 3. The molecule has 192 valence electrons. The Bertz CT molecular complexity index is 1130. The molecule has 1 aliphatic rings. The van der Waals surface area contributed by atoms with E-state index in [1.165, 1.54) is 19.1 Å². The van der Waals surface area contributed by atoms with E-state index in [1.807, 2.05) is 0 Å². The summed E-state index contributed by atoms with van der Waals surface area (Å²) in [5.74, 6) is 0.0883. The van der Waals surface area contributed by atoms with Gasteiger partial charge in [-0.05, 0) is 44.2 Å². The lowest BCUT2D eigenvalue weighted by Crippen LogP contribution is -2.36. The highest BCUT2D eigenvalue weighted by Crippen LogP contribution is 2.26. The minimum Gasteiger partial charge on any atom is -0.343 e. The number of urea groups is 1. The number of nitrogens with one attached hydrogen (secondary N) is 3. The highest BCUT2D eigenvalue weighted by Gasteiger charge is 2.30. The Morgan fingerprint density at radius 2 is 1.71 bits per heavy atom. The molecule has 2 amide bonds. The van der Waals surface area contributed by atoms with Gasteiger partial charge < -0.3 is 21.7 Å². The van der Waals surface area contributed by atoms with Crippen LogP contribution in [0.25, 0.3) is 0 Å². The van der Waals surface area contributed by atoms with Gasteiger partial charge in [-0.1, -0.05) is 32.2 Å². The number of rotatable bonds is 10. The Kier molecular flexibility index (Phi) is 10.9. The third-order valence-electron chi connectivity index (χ3n) is 4.43. The molecule has 0 aromatic carbocycles. The number of carbonyl (C=O) groups excluding carboxylic acids is 1. The third kappa shape index (κ3) is 10.6. The van der Waals surface area contributed by atoms with Crippen LogP contribution in [-0.4, -0.2) is 44.1 Å². The van der Waals surface area contributed by atoms with Gasteiger partial charge >= 0.3 is 12.2 Å². The van der Waals surface area contributed by atoms with Crippen LogP contribution in [0, 0.1) is 0 Å². The summed E-state index contributed by atoms with van der Waals surface area (Å²) in [5.41, 5.74) is 6.42. The minimum atomic E-state index is -4.54. The first-order chi connectivity index (χ1) is 16.2. The van der Waals surface area contributed by atoms with Gasteiger partial charge in [-0.25, -0.2) is 18.2 Å². The van der Waals surface area contributed by atoms with Gasteiger partial charge in [-0.2, -0.15) is 13.2 Å². The number of nitrogens with two attached hydrogens (primary N) is 1. The van der Waals surface area contributed by atoms with E-state index in [9.17, 15) is 26.4 Å². The maximum atomic E-state index is 12.7. The van der Waals surface area contributed by atoms with E-state index >= 15 is 0 Å². The average Bonchev–Trinajstić information content (AvgIpc) is 2.72. The van der Waals surface area contributed by atoms with Gasteiger partial charge in [0.15, 0.2) is 9.84 Å². The van der Waals surface area contributed by atoms with Gasteiger partial charge in [0.05, 0.1) is 11.3 Å². The highest BCUT2D eigenvalue weighted by molar-refractivity contribution is 7.91.